The molecule has 304 valence electrons. The number of rotatable bonds is 6. The quantitative estimate of drug-likeness (QED) is 0.0893. The van der Waals surface area contributed by atoms with Crippen LogP contribution in [0.2, 0.25) is 0 Å². The van der Waals surface area contributed by atoms with Crippen LogP contribution in [-0.2, 0) is 18.3 Å². The van der Waals surface area contributed by atoms with E-state index in [-0.39, 0.29) is 5.41 Å². The summed E-state index contributed by atoms with van der Waals surface area (Å²) in [7, 11) is 0. The second-order valence-corrected chi connectivity index (χ2v) is 19.2. The lowest BCUT2D eigenvalue weighted by Gasteiger charge is -2.28. The molecule has 0 N–H and O–H groups in total. The molecule has 0 heterocycles. The minimum atomic E-state index is 0.122. The van der Waals surface area contributed by atoms with Crippen molar-refractivity contribution in [1.29, 1.82) is 0 Å². The number of allylic oxidation sites excluding steroid dienone is 2. The van der Waals surface area contributed by atoms with Gasteiger partial charge in [-0.1, -0.05) is 199 Å². The highest BCUT2D eigenvalue weighted by Gasteiger charge is 2.27. The zero-order valence-corrected chi connectivity index (χ0v) is 37.0. The lowest BCUT2D eigenvalue weighted by atomic mass is 9.76. The molecule has 0 aliphatic heterocycles. The molecule has 10 aromatic rings. The highest BCUT2D eigenvalue weighted by Crippen LogP contribution is 2.49. The van der Waals surface area contributed by atoms with E-state index in [1.165, 1.54) is 159 Å². The van der Waals surface area contributed by atoms with E-state index in [1.54, 1.807) is 0 Å². The van der Waals surface area contributed by atoms with Gasteiger partial charge in [-0.15, -0.1) is 0 Å². The van der Waals surface area contributed by atoms with E-state index in [0.29, 0.717) is 5.92 Å². The van der Waals surface area contributed by atoms with Crippen LogP contribution in [-0.4, -0.2) is 0 Å². The van der Waals surface area contributed by atoms with Gasteiger partial charge in [-0.25, -0.2) is 0 Å². The molecule has 1 aliphatic rings. The molecule has 10 aromatic carbocycles. The summed E-state index contributed by atoms with van der Waals surface area (Å²) in [4.78, 5) is 0. The van der Waals surface area contributed by atoms with Gasteiger partial charge >= 0.3 is 0 Å². The molecule has 0 heteroatoms. The van der Waals surface area contributed by atoms with Crippen LogP contribution in [0.25, 0.3) is 98.0 Å². The Balaban J connectivity index is 1.22. The molecule has 11 rings (SSSR count). The molecule has 0 aromatic heterocycles. The monoisotopic (exact) mass is 800 g/mol. The summed E-state index contributed by atoms with van der Waals surface area (Å²) in [6, 6.07) is 56.7. The van der Waals surface area contributed by atoms with Crippen molar-refractivity contribution in [1.82, 2.24) is 0 Å². The minimum Gasteiger partial charge on any atom is -0.0913 e. The summed E-state index contributed by atoms with van der Waals surface area (Å²) in [6.07, 6.45) is 13.0. The molecule has 0 atom stereocenters. The van der Waals surface area contributed by atoms with Crippen molar-refractivity contribution in [3.05, 3.63) is 180 Å². The number of hydrogen-bond acceptors (Lipinski definition) is 0. The maximum Gasteiger partial charge on any atom is -0.00201 e. The molecule has 0 saturated heterocycles. The Bertz CT molecular complexity index is 3340. The Kier molecular flexibility index (Phi) is 9.53. The van der Waals surface area contributed by atoms with Gasteiger partial charge in [-0.2, -0.15) is 0 Å². The van der Waals surface area contributed by atoms with E-state index in [2.05, 4.69) is 192 Å². The Morgan fingerprint density at radius 1 is 0.516 bits per heavy atom. The maximum absolute atomic E-state index is 2.59. The van der Waals surface area contributed by atoms with Crippen LogP contribution in [0.4, 0.5) is 0 Å². The van der Waals surface area contributed by atoms with Crippen LogP contribution in [0.15, 0.2) is 158 Å². The Labute approximate surface area is 367 Å². The first-order valence-corrected chi connectivity index (χ1v) is 23.3. The lowest BCUT2D eigenvalue weighted by molar-refractivity contribution is 0.451. The minimum absolute atomic E-state index is 0.122. The average molecular weight is 801 g/mol. The molecule has 1 aliphatic carbocycles. The van der Waals surface area contributed by atoms with Gasteiger partial charge in [0.2, 0.25) is 0 Å². The third kappa shape index (κ3) is 6.25. The third-order valence-corrected chi connectivity index (χ3v) is 14.6. The molecule has 0 amide bonds. The van der Waals surface area contributed by atoms with Crippen molar-refractivity contribution >= 4 is 64.6 Å². The number of hydrogen-bond donors (Lipinski definition) is 0. The van der Waals surface area contributed by atoms with Gasteiger partial charge in [0.25, 0.3) is 0 Å². The molecule has 0 saturated carbocycles. The van der Waals surface area contributed by atoms with E-state index >= 15 is 0 Å². The first kappa shape index (κ1) is 38.7. The second-order valence-electron chi connectivity index (χ2n) is 19.2. The second kappa shape index (κ2) is 15.3. The molecule has 0 unspecified atom stereocenters. The van der Waals surface area contributed by atoms with Gasteiger partial charge in [0.05, 0.1) is 0 Å². The predicted molar refractivity (Wildman–Crippen MR) is 271 cm³/mol. The molecule has 62 heavy (non-hydrogen) atoms. The van der Waals surface area contributed by atoms with Crippen LogP contribution >= 0.6 is 0 Å². The smallest absolute Gasteiger partial charge is 0.00201 e. The summed E-state index contributed by atoms with van der Waals surface area (Å²) in [5.41, 5.74) is 13.9. The fraction of sp³-hybridized carbons (Fsp3) is 0.226. The molecule has 0 nitrogen and oxygen atoms in total. The standard InChI is InChI=1S/C62H56/c1-6-7-17-40-27-29-44(37-55(40)39(2)3)60-49-22-12-11-21-48(49)59(45-30-28-41-18-10-8-9-13-35-62(4,5)57(41)38-45)54-32-31-43(36-56(54)60)46-33-34-53-51-24-15-20-42-19-14-23-50(58(42)51)52-26-16-25-47(46)61(52)53/h6-7,11-12,14-16,19-34,36-39H,8-10,13,17-18,35H2,1-5H3. The number of fused-ring (bicyclic) bond motifs is 5. The zero-order valence-electron chi connectivity index (χ0n) is 37.0. The van der Waals surface area contributed by atoms with Crippen molar-refractivity contribution in [2.24, 2.45) is 0 Å². The lowest BCUT2D eigenvalue weighted by Crippen LogP contribution is -2.19. The van der Waals surface area contributed by atoms with Crippen molar-refractivity contribution < 1.29 is 0 Å². The fourth-order valence-corrected chi connectivity index (χ4v) is 11.5. The highest BCUT2D eigenvalue weighted by molar-refractivity contribution is 6.34. The van der Waals surface area contributed by atoms with E-state index < -0.39 is 0 Å². The van der Waals surface area contributed by atoms with Crippen LogP contribution in [0.1, 0.15) is 94.9 Å². The Morgan fingerprint density at radius 3 is 1.87 bits per heavy atom. The van der Waals surface area contributed by atoms with E-state index in [0.717, 1.165) is 6.42 Å². The number of benzene rings is 10. The molecular weight excluding hydrogens is 745 g/mol. The third-order valence-electron chi connectivity index (χ3n) is 14.6. The molecule has 0 spiro atoms. The average Bonchev–Trinajstić information content (AvgIpc) is 3.36. The predicted octanol–water partition coefficient (Wildman–Crippen LogP) is 18.1. The van der Waals surface area contributed by atoms with E-state index in [1.807, 2.05) is 0 Å². The maximum atomic E-state index is 2.59. The molecular formula is C62H56. The van der Waals surface area contributed by atoms with E-state index in [9.17, 15) is 0 Å². The zero-order chi connectivity index (χ0) is 42.1. The van der Waals surface area contributed by atoms with Crippen LogP contribution < -0.4 is 0 Å². The van der Waals surface area contributed by atoms with Crippen molar-refractivity contribution in [2.45, 2.75) is 90.9 Å². The summed E-state index contributed by atoms with van der Waals surface area (Å²) in [5, 5.41) is 15.9. The van der Waals surface area contributed by atoms with Gasteiger partial charge in [0.1, 0.15) is 0 Å². The largest absolute Gasteiger partial charge is 0.0913 e. The Hall–Kier alpha value is -6.24. The summed E-state index contributed by atoms with van der Waals surface area (Å²) >= 11 is 0. The van der Waals surface area contributed by atoms with Crippen molar-refractivity contribution in [3.63, 3.8) is 0 Å². The molecule has 0 radical (unpaired) electrons. The van der Waals surface area contributed by atoms with Gasteiger partial charge in [-0.3, -0.25) is 0 Å². The fourth-order valence-electron chi connectivity index (χ4n) is 11.5. The first-order chi connectivity index (χ1) is 30.3. The van der Waals surface area contributed by atoms with Gasteiger partial charge in [0, 0.05) is 0 Å². The molecule has 0 fully saturated rings. The number of aryl methyl sites for hydroxylation is 1. The topological polar surface area (TPSA) is 0 Å². The first-order valence-electron chi connectivity index (χ1n) is 23.3. The Morgan fingerprint density at radius 2 is 1.11 bits per heavy atom. The van der Waals surface area contributed by atoms with Crippen molar-refractivity contribution in [3.8, 4) is 33.4 Å². The van der Waals surface area contributed by atoms with Gasteiger partial charge < -0.3 is 0 Å². The van der Waals surface area contributed by atoms with Gasteiger partial charge in [0.15, 0.2) is 0 Å². The van der Waals surface area contributed by atoms with Crippen LogP contribution in [0.3, 0.4) is 0 Å². The van der Waals surface area contributed by atoms with Crippen LogP contribution in [0, 0.1) is 0 Å². The van der Waals surface area contributed by atoms with E-state index in [4.69, 9.17) is 0 Å². The molecule has 0 bridgehead atoms. The normalized spacial score (nSPS) is 14.7. The van der Waals surface area contributed by atoms with Crippen LogP contribution in [0.5, 0.6) is 0 Å². The summed E-state index contributed by atoms with van der Waals surface area (Å²) in [6.45, 7) is 11.8. The summed E-state index contributed by atoms with van der Waals surface area (Å²) in [5.74, 6) is 0.410. The summed E-state index contributed by atoms with van der Waals surface area (Å²) < 4.78 is 0. The van der Waals surface area contributed by atoms with Crippen molar-refractivity contribution in [2.75, 3.05) is 0 Å². The highest BCUT2D eigenvalue weighted by atomic mass is 14.3. The van der Waals surface area contributed by atoms with Gasteiger partial charge in [-0.05, 0) is 170 Å². The SMILES string of the molecule is CC=CCc1ccc(-c2c3ccccc3c(-c3ccc4c(c3)C(C)(C)CCCCCC4)c3ccc(-c4ccc5c6cccc7cccc(c8cccc4c85)c76)cc23)cc1C(C)C.